The van der Waals surface area contributed by atoms with Gasteiger partial charge in [-0.05, 0) is 61.9 Å². The summed E-state index contributed by atoms with van der Waals surface area (Å²) in [6, 6.07) is 9.17. The van der Waals surface area contributed by atoms with E-state index in [1.807, 2.05) is 0 Å². The molecule has 0 unspecified atom stereocenters. The lowest BCUT2D eigenvalue weighted by atomic mass is 9.75. The van der Waals surface area contributed by atoms with Crippen LogP contribution >= 0.6 is 0 Å². The number of alkyl halides is 2. The second-order valence-electron chi connectivity index (χ2n) is 10.6. The van der Waals surface area contributed by atoms with Gasteiger partial charge >= 0.3 is 12.0 Å². The number of aliphatic carboxylic acids is 1. The van der Waals surface area contributed by atoms with E-state index in [0.29, 0.717) is 24.7 Å². The van der Waals surface area contributed by atoms with Crippen molar-refractivity contribution in [1.29, 1.82) is 0 Å². The molecule has 212 valence electrons. The summed E-state index contributed by atoms with van der Waals surface area (Å²) in [4.78, 5) is 43.3. The molecule has 1 aliphatic carbocycles. The number of nitrogens with zero attached hydrogens (tertiary/aromatic N) is 3. The second kappa shape index (κ2) is 10.6. The zero-order valence-corrected chi connectivity index (χ0v) is 21.7. The van der Waals surface area contributed by atoms with Crippen LogP contribution in [0.4, 0.5) is 33.7 Å². The maximum absolute atomic E-state index is 14.8. The Balaban J connectivity index is 1.36. The number of hydrogen-bond acceptors (Lipinski definition) is 3. The number of piperidine rings is 1. The van der Waals surface area contributed by atoms with Crippen molar-refractivity contribution in [2.45, 2.75) is 50.9 Å². The lowest BCUT2D eigenvalue weighted by Crippen LogP contribution is -2.52. The first kappa shape index (κ1) is 27.7. The van der Waals surface area contributed by atoms with Crippen LogP contribution < -0.4 is 9.80 Å². The van der Waals surface area contributed by atoms with E-state index in [0.717, 1.165) is 16.5 Å². The average Bonchev–Trinajstić information content (AvgIpc) is 3.32. The number of carbonyl (C=O) groups excluding carboxylic acids is 2. The van der Waals surface area contributed by atoms with Gasteiger partial charge in [-0.15, -0.1) is 0 Å². The highest BCUT2D eigenvalue weighted by Crippen LogP contribution is 2.41. The van der Waals surface area contributed by atoms with Gasteiger partial charge in [0, 0.05) is 44.2 Å². The molecule has 1 fully saturated rings. The number of hydrogen-bond donors (Lipinski definition) is 1. The smallest absolute Gasteiger partial charge is 0.324 e. The van der Waals surface area contributed by atoms with Crippen LogP contribution in [0.2, 0.25) is 0 Å². The molecule has 1 N–H and O–H groups in total. The third-order valence-corrected chi connectivity index (χ3v) is 8.06. The summed E-state index contributed by atoms with van der Waals surface area (Å²) < 4.78 is 57.1. The molecule has 2 aromatic rings. The molecule has 3 amide bonds. The van der Waals surface area contributed by atoms with Crippen molar-refractivity contribution in [3.63, 3.8) is 0 Å². The first-order valence-corrected chi connectivity index (χ1v) is 13.2. The molecule has 0 bridgehead atoms. The molecule has 0 aromatic heterocycles. The maximum Gasteiger partial charge on any atom is 0.324 e. The van der Waals surface area contributed by atoms with E-state index in [4.69, 9.17) is 0 Å². The predicted molar refractivity (Wildman–Crippen MR) is 139 cm³/mol. The van der Waals surface area contributed by atoms with Gasteiger partial charge in [0.25, 0.3) is 5.92 Å². The fourth-order valence-corrected chi connectivity index (χ4v) is 5.83. The van der Waals surface area contributed by atoms with Crippen LogP contribution in [0, 0.1) is 17.0 Å². The Bertz CT molecular complexity index is 1370. The highest BCUT2D eigenvalue weighted by Gasteiger charge is 2.46. The van der Waals surface area contributed by atoms with Crippen molar-refractivity contribution in [3.8, 4) is 0 Å². The fraction of sp³-hybridized carbons (Fsp3) is 0.414. The van der Waals surface area contributed by atoms with E-state index in [1.165, 1.54) is 40.1 Å². The van der Waals surface area contributed by atoms with Gasteiger partial charge in [-0.2, -0.15) is 0 Å². The number of carbonyl (C=O) groups is 3. The minimum atomic E-state index is -3.18. The Morgan fingerprint density at radius 2 is 1.68 bits per heavy atom. The summed E-state index contributed by atoms with van der Waals surface area (Å²) in [6.07, 6.45) is 0.341. The van der Waals surface area contributed by atoms with E-state index in [9.17, 15) is 37.1 Å². The van der Waals surface area contributed by atoms with Crippen LogP contribution in [-0.4, -0.2) is 53.5 Å². The van der Waals surface area contributed by atoms with Crippen LogP contribution in [0.1, 0.15) is 44.1 Å². The number of fused-ring (bicyclic) bond motifs is 1. The third-order valence-electron chi connectivity index (χ3n) is 8.06. The molecule has 2 aromatic carbocycles. The standard InChI is InChI=1S/C29H29F4N3O4/c30-20-8-7-19-9-13-35(24(19)16-20)27(40)34-14-11-28(12-15-34,26(38)39)18-25(37)36(23-6-2-1-5-22(23)31)21-4-3-10-29(32,33)17-21/h1-2,5-8,16-17H,3-4,9-15,18H2,(H,38,39). The first-order valence-electron chi connectivity index (χ1n) is 13.2. The minimum Gasteiger partial charge on any atom is -0.481 e. The number of carboxylic acid groups (broad SMARTS) is 1. The Kier molecular flexibility index (Phi) is 7.32. The van der Waals surface area contributed by atoms with E-state index < -0.39 is 47.7 Å². The number of likely N-dealkylation sites (tertiary alicyclic amines) is 1. The van der Waals surface area contributed by atoms with Crippen LogP contribution in [-0.2, 0) is 16.0 Å². The molecular formula is C29H29F4N3O4. The van der Waals surface area contributed by atoms with Crippen molar-refractivity contribution in [1.82, 2.24) is 4.90 Å². The average molecular weight is 560 g/mol. The molecule has 2 aliphatic heterocycles. The molecule has 2 heterocycles. The minimum absolute atomic E-state index is 0.0278. The van der Waals surface area contributed by atoms with Crippen LogP contribution in [0.5, 0.6) is 0 Å². The van der Waals surface area contributed by atoms with Gasteiger partial charge < -0.3 is 10.0 Å². The van der Waals surface area contributed by atoms with Gasteiger partial charge in [0.2, 0.25) is 5.91 Å². The van der Waals surface area contributed by atoms with Crippen molar-refractivity contribution < 1.29 is 37.1 Å². The SMILES string of the molecule is O=C(N1CCC(CC(=O)N(C2=CC(F)(F)CCC2)c2ccccc2F)(C(=O)O)CC1)N1CCc2ccc(F)cc21. The predicted octanol–water partition coefficient (Wildman–Crippen LogP) is 5.74. The van der Waals surface area contributed by atoms with Gasteiger partial charge in [-0.25, -0.2) is 22.4 Å². The van der Waals surface area contributed by atoms with Gasteiger partial charge in [0.15, 0.2) is 0 Å². The summed E-state index contributed by atoms with van der Waals surface area (Å²) in [7, 11) is 0. The van der Waals surface area contributed by atoms with E-state index >= 15 is 0 Å². The summed E-state index contributed by atoms with van der Waals surface area (Å²) >= 11 is 0. The normalized spacial score (nSPS) is 19.6. The summed E-state index contributed by atoms with van der Waals surface area (Å²) in [6.45, 7) is 0.425. The van der Waals surface area contributed by atoms with E-state index in [-0.39, 0.29) is 56.2 Å². The van der Waals surface area contributed by atoms with Gasteiger partial charge in [-0.3, -0.25) is 19.4 Å². The van der Waals surface area contributed by atoms with Crippen molar-refractivity contribution >= 4 is 29.3 Å². The third kappa shape index (κ3) is 5.29. The second-order valence-corrected chi connectivity index (χ2v) is 10.6. The Morgan fingerprint density at radius 3 is 2.35 bits per heavy atom. The lowest BCUT2D eigenvalue weighted by molar-refractivity contribution is -0.154. The fourth-order valence-electron chi connectivity index (χ4n) is 5.83. The number of halogens is 4. The molecule has 0 spiro atoms. The largest absolute Gasteiger partial charge is 0.481 e. The molecule has 0 radical (unpaired) electrons. The number of allylic oxidation sites excluding steroid dienone is 2. The molecule has 0 saturated carbocycles. The summed E-state index contributed by atoms with van der Waals surface area (Å²) in [5.74, 6) is -6.49. The Labute approximate surface area is 228 Å². The van der Waals surface area contributed by atoms with Crippen LogP contribution in [0.15, 0.2) is 54.2 Å². The summed E-state index contributed by atoms with van der Waals surface area (Å²) in [5.41, 5.74) is -0.546. The van der Waals surface area contributed by atoms with Gasteiger partial charge in [0.1, 0.15) is 11.6 Å². The number of amides is 3. The van der Waals surface area contributed by atoms with Gasteiger partial charge in [-0.1, -0.05) is 18.2 Å². The van der Waals surface area contributed by atoms with Crippen molar-refractivity contribution in [3.05, 3.63) is 71.4 Å². The number of rotatable bonds is 5. The quantitative estimate of drug-likeness (QED) is 0.474. The number of urea groups is 1. The van der Waals surface area contributed by atoms with Crippen LogP contribution in [0.25, 0.3) is 0 Å². The van der Waals surface area contributed by atoms with Crippen molar-refractivity contribution in [2.75, 3.05) is 29.4 Å². The molecule has 7 nitrogen and oxygen atoms in total. The highest BCUT2D eigenvalue weighted by molar-refractivity contribution is 5.99. The maximum atomic E-state index is 14.8. The lowest BCUT2D eigenvalue weighted by Gasteiger charge is -2.41. The molecule has 0 atom stereocenters. The summed E-state index contributed by atoms with van der Waals surface area (Å²) in [5, 5.41) is 10.2. The zero-order chi connectivity index (χ0) is 28.7. The zero-order valence-electron chi connectivity index (χ0n) is 21.7. The molecule has 40 heavy (non-hydrogen) atoms. The number of carboxylic acids is 1. The Hall–Kier alpha value is -3.89. The van der Waals surface area contributed by atoms with Gasteiger partial charge in [0.05, 0.1) is 16.8 Å². The number of benzene rings is 2. The molecular weight excluding hydrogens is 530 g/mol. The first-order chi connectivity index (χ1) is 19.0. The Morgan fingerprint density at radius 1 is 0.950 bits per heavy atom. The van der Waals surface area contributed by atoms with Crippen LogP contribution in [0.3, 0.4) is 0 Å². The van der Waals surface area contributed by atoms with Crippen molar-refractivity contribution in [2.24, 2.45) is 5.41 Å². The topological polar surface area (TPSA) is 81.2 Å². The molecule has 11 heteroatoms. The molecule has 1 saturated heterocycles. The van der Waals surface area contributed by atoms with E-state index in [2.05, 4.69) is 0 Å². The van der Waals surface area contributed by atoms with E-state index in [1.54, 1.807) is 6.07 Å². The molecule has 5 rings (SSSR count). The number of anilines is 2. The highest BCUT2D eigenvalue weighted by atomic mass is 19.3. The number of para-hydroxylation sites is 1. The monoisotopic (exact) mass is 559 g/mol. The molecule has 3 aliphatic rings.